The number of nitrogens with one attached hydrogen (secondary N) is 1. The third kappa shape index (κ3) is 1.35. The Labute approximate surface area is 84.3 Å². The maximum absolute atomic E-state index is 5.13. The van der Waals surface area contributed by atoms with E-state index in [-0.39, 0.29) is 5.54 Å². The lowest BCUT2D eigenvalue weighted by molar-refractivity contribution is 0.102. The molecular weight excluding hydrogens is 178 g/mol. The summed E-state index contributed by atoms with van der Waals surface area (Å²) in [6.45, 7) is 7.25. The van der Waals surface area contributed by atoms with Gasteiger partial charge >= 0.3 is 0 Å². The van der Waals surface area contributed by atoms with Crippen LogP contribution in [0.2, 0.25) is 0 Å². The van der Waals surface area contributed by atoms with Gasteiger partial charge in [0.25, 0.3) is 0 Å². The van der Waals surface area contributed by atoms with Crippen molar-refractivity contribution in [3.63, 3.8) is 0 Å². The number of likely N-dealkylation sites (N-methyl/N-ethyl adjacent to an activating group) is 1. The van der Waals surface area contributed by atoms with Crippen LogP contribution in [0.5, 0.6) is 0 Å². The summed E-state index contributed by atoms with van der Waals surface area (Å²) in [5.41, 5.74) is 1.20. The average molecular weight is 195 g/mol. The number of piperazine rings is 1. The molecule has 1 fully saturated rings. The molecular formula is C10H17N3O. The molecule has 14 heavy (non-hydrogen) atoms. The van der Waals surface area contributed by atoms with Crippen LogP contribution in [0.15, 0.2) is 10.7 Å². The first-order valence-corrected chi connectivity index (χ1v) is 4.98. The lowest BCUT2D eigenvalue weighted by atomic mass is 9.89. The van der Waals surface area contributed by atoms with Gasteiger partial charge < -0.3 is 9.84 Å². The zero-order valence-electron chi connectivity index (χ0n) is 9.00. The summed E-state index contributed by atoms with van der Waals surface area (Å²) in [6.07, 6.45) is 1.83. The maximum Gasteiger partial charge on any atom is 0.138 e. The van der Waals surface area contributed by atoms with Gasteiger partial charge in [-0.3, -0.25) is 4.90 Å². The minimum atomic E-state index is 0.0162. The molecule has 0 amide bonds. The van der Waals surface area contributed by atoms with Crippen LogP contribution in [0.25, 0.3) is 0 Å². The SMILES string of the molecule is Cc1oncc1C1(C)CNCCN1C. The minimum absolute atomic E-state index is 0.0162. The highest BCUT2D eigenvalue weighted by Gasteiger charge is 2.36. The number of hydrogen-bond acceptors (Lipinski definition) is 4. The van der Waals surface area contributed by atoms with Gasteiger partial charge in [-0.05, 0) is 20.9 Å². The van der Waals surface area contributed by atoms with E-state index >= 15 is 0 Å². The van der Waals surface area contributed by atoms with Crippen molar-refractivity contribution in [3.05, 3.63) is 17.5 Å². The molecule has 1 aliphatic heterocycles. The molecule has 2 rings (SSSR count). The van der Waals surface area contributed by atoms with E-state index < -0.39 is 0 Å². The molecule has 4 heteroatoms. The Kier molecular flexibility index (Phi) is 2.33. The van der Waals surface area contributed by atoms with Crippen molar-refractivity contribution in [3.8, 4) is 0 Å². The van der Waals surface area contributed by atoms with E-state index in [0.29, 0.717) is 0 Å². The van der Waals surface area contributed by atoms with E-state index in [1.54, 1.807) is 0 Å². The van der Waals surface area contributed by atoms with Gasteiger partial charge in [-0.2, -0.15) is 0 Å². The molecule has 1 aromatic heterocycles. The molecule has 1 N–H and O–H groups in total. The van der Waals surface area contributed by atoms with Gasteiger partial charge in [-0.15, -0.1) is 0 Å². The number of aryl methyl sites for hydroxylation is 1. The van der Waals surface area contributed by atoms with E-state index in [1.165, 1.54) is 5.56 Å². The Morgan fingerprint density at radius 3 is 3.00 bits per heavy atom. The number of aromatic nitrogens is 1. The van der Waals surface area contributed by atoms with E-state index in [2.05, 4.69) is 29.3 Å². The van der Waals surface area contributed by atoms with Crippen molar-refractivity contribution in [2.24, 2.45) is 0 Å². The van der Waals surface area contributed by atoms with E-state index in [1.807, 2.05) is 13.1 Å². The Hall–Kier alpha value is -0.870. The molecule has 4 nitrogen and oxygen atoms in total. The first-order valence-electron chi connectivity index (χ1n) is 4.98. The summed E-state index contributed by atoms with van der Waals surface area (Å²) in [5, 5.41) is 7.26. The molecule has 1 saturated heterocycles. The zero-order chi connectivity index (χ0) is 10.2. The van der Waals surface area contributed by atoms with Crippen LogP contribution in [0, 0.1) is 6.92 Å². The minimum Gasteiger partial charge on any atom is -0.361 e. The number of hydrogen-bond donors (Lipinski definition) is 1. The summed E-state index contributed by atoms with van der Waals surface area (Å²) in [6, 6.07) is 0. The summed E-state index contributed by atoms with van der Waals surface area (Å²) in [4.78, 5) is 2.35. The van der Waals surface area contributed by atoms with Gasteiger partial charge in [-0.25, -0.2) is 0 Å². The quantitative estimate of drug-likeness (QED) is 0.717. The molecule has 0 bridgehead atoms. The van der Waals surface area contributed by atoms with Crippen molar-refractivity contribution >= 4 is 0 Å². The molecule has 1 atom stereocenters. The maximum atomic E-state index is 5.13. The van der Waals surface area contributed by atoms with Crippen molar-refractivity contribution in [2.45, 2.75) is 19.4 Å². The second kappa shape index (κ2) is 3.37. The predicted octanol–water partition coefficient (Wildman–Crippen LogP) is 0.733. The Balaban J connectivity index is 2.34. The molecule has 1 aliphatic rings. The van der Waals surface area contributed by atoms with Crippen LogP contribution in [0.1, 0.15) is 18.2 Å². The highest BCUT2D eigenvalue weighted by molar-refractivity contribution is 5.24. The van der Waals surface area contributed by atoms with Gasteiger partial charge in [-0.1, -0.05) is 5.16 Å². The first-order chi connectivity index (χ1) is 6.64. The van der Waals surface area contributed by atoms with E-state index in [0.717, 1.165) is 25.4 Å². The Morgan fingerprint density at radius 1 is 1.64 bits per heavy atom. The van der Waals surface area contributed by atoms with Gasteiger partial charge in [0.15, 0.2) is 0 Å². The Bertz CT molecular complexity index is 323. The van der Waals surface area contributed by atoms with Crippen LogP contribution >= 0.6 is 0 Å². The standard InChI is InChI=1S/C10H17N3O/c1-8-9(6-12-14-8)10(2)7-11-4-5-13(10)3/h6,11H,4-5,7H2,1-3H3. The highest BCUT2D eigenvalue weighted by atomic mass is 16.5. The fourth-order valence-electron chi connectivity index (χ4n) is 2.08. The lowest BCUT2D eigenvalue weighted by Crippen LogP contribution is -2.55. The summed E-state index contributed by atoms with van der Waals surface area (Å²) < 4.78 is 5.13. The first kappa shape index (κ1) is 9.68. The monoisotopic (exact) mass is 195 g/mol. The molecule has 0 radical (unpaired) electrons. The van der Waals surface area contributed by atoms with Crippen molar-refractivity contribution < 1.29 is 4.52 Å². The lowest BCUT2D eigenvalue weighted by Gasteiger charge is -2.42. The fraction of sp³-hybridized carbons (Fsp3) is 0.700. The van der Waals surface area contributed by atoms with Crippen LogP contribution < -0.4 is 5.32 Å². The third-order valence-corrected chi connectivity index (χ3v) is 3.27. The summed E-state index contributed by atoms with van der Waals surface area (Å²) >= 11 is 0. The van der Waals surface area contributed by atoms with Crippen LogP contribution in [0.4, 0.5) is 0 Å². The van der Waals surface area contributed by atoms with Crippen molar-refractivity contribution in [1.82, 2.24) is 15.4 Å². The van der Waals surface area contributed by atoms with Crippen molar-refractivity contribution in [2.75, 3.05) is 26.7 Å². The van der Waals surface area contributed by atoms with Crippen LogP contribution in [-0.4, -0.2) is 36.7 Å². The van der Waals surface area contributed by atoms with Gasteiger partial charge in [0, 0.05) is 25.2 Å². The molecule has 0 spiro atoms. The zero-order valence-corrected chi connectivity index (χ0v) is 9.00. The molecule has 0 aliphatic carbocycles. The normalized spacial score (nSPS) is 29.4. The third-order valence-electron chi connectivity index (χ3n) is 3.27. The molecule has 0 saturated carbocycles. The molecule has 1 aromatic rings. The number of nitrogens with zero attached hydrogens (tertiary/aromatic N) is 2. The van der Waals surface area contributed by atoms with Gasteiger partial charge in [0.2, 0.25) is 0 Å². The molecule has 2 heterocycles. The van der Waals surface area contributed by atoms with E-state index in [9.17, 15) is 0 Å². The topological polar surface area (TPSA) is 41.3 Å². The van der Waals surface area contributed by atoms with Crippen LogP contribution in [0.3, 0.4) is 0 Å². The van der Waals surface area contributed by atoms with Gasteiger partial charge in [0.1, 0.15) is 5.76 Å². The second-order valence-electron chi connectivity index (χ2n) is 4.17. The molecule has 0 aromatic carbocycles. The summed E-state index contributed by atoms with van der Waals surface area (Å²) in [7, 11) is 2.15. The van der Waals surface area contributed by atoms with Gasteiger partial charge in [0.05, 0.1) is 11.7 Å². The summed E-state index contributed by atoms with van der Waals surface area (Å²) in [5.74, 6) is 0.919. The highest BCUT2D eigenvalue weighted by Crippen LogP contribution is 2.30. The smallest absolute Gasteiger partial charge is 0.138 e. The fourth-order valence-corrected chi connectivity index (χ4v) is 2.08. The second-order valence-corrected chi connectivity index (χ2v) is 4.17. The van der Waals surface area contributed by atoms with E-state index in [4.69, 9.17) is 4.52 Å². The Morgan fingerprint density at radius 2 is 2.43 bits per heavy atom. The van der Waals surface area contributed by atoms with Crippen molar-refractivity contribution in [1.29, 1.82) is 0 Å². The average Bonchev–Trinajstić information content (AvgIpc) is 2.57. The molecule has 1 unspecified atom stereocenters. The van der Waals surface area contributed by atoms with Crippen LogP contribution in [-0.2, 0) is 5.54 Å². The molecule has 78 valence electrons. The predicted molar refractivity (Wildman–Crippen MR) is 54.1 cm³/mol. The number of rotatable bonds is 1. The largest absolute Gasteiger partial charge is 0.361 e.